The zero-order valence-electron chi connectivity index (χ0n) is 16.1. The van der Waals surface area contributed by atoms with Crippen molar-refractivity contribution in [3.05, 3.63) is 59.4 Å². The van der Waals surface area contributed by atoms with Crippen LogP contribution < -0.4 is 4.74 Å². The standard InChI is InChI=1S/C21H19N5O3/c1-26(12-18-24-19(29-25-18)13-6-7-13)21(27)15-5-3-4-14(10-15)16-8-9-23-20(28-2)17(16)11-22/h3-5,8-10,13H,6-7,12H2,1-2H3. The number of hydrogen-bond donors (Lipinski definition) is 0. The Morgan fingerprint density at radius 2 is 2.21 bits per heavy atom. The molecule has 0 atom stereocenters. The van der Waals surface area contributed by atoms with Gasteiger partial charge in [0.25, 0.3) is 5.91 Å². The summed E-state index contributed by atoms with van der Waals surface area (Å²) in [6, 6.07) is 11.0. The highest BCUT2D eigenvalue weighted by Gasteiger charge is 2.30. The topological polar surface area (TPSA) is 105 Å². The molecule has 1 amide bonds. The fraction of sp³-hybridized carbons (Fsp3) is 0.286. The van der Waals surface area contributed by atoms with Crippen molar-refractivity contribution in [1.29, 1.82) is 5.26 Å². The third-order valence-electron chi connectivity index (χ3n) is 4.78. The van der Waals surface area contributed by atoms with Gasteiger partial charge < -0.3 is 14.2 Å². The number of rotatable bonds is 6. The highest BCUT2D eigenvalue weighted by atomic mass is 16.5. The van der Waals surface area contributed by atoms with E-state index in [4.69, 9.17) is 9.26 Å². The summed E-state index contributed by atoms with van der Waals surface area (Å²) in [5.41, 5.74) is 2.21. The van der Waals surface area contributed by atoms with Crippen LogP contribution in [0.3, 0.4) is 0 Å². The molecule has 1 saturated carbocycles. The van der Waals surface area contributed by atoms with E-state index < -0.39 is 0 Å². The van der Waals surface area contributed by atoms with Crippen molar-refractivity contribution in [2.45, 2.75) is 25.3 Å². The van der Waals surface area contributed by atoms with Gasteiger partial charge >= 0.3 is 0 Å². The third-order valence-corrected chi connectivity index (χ3v) is 4.78. The number of benzene rings is 1. The summed E-state index contributed by atoms with van der Waals surface area (Å²) in [5.74, 6) is 1.59. The fourth-order valence-electron chi connectivity index (χ4n) is 3.10. The smallest absolute Gasteiger partial charge is 0.254 e. The maximum absolute atomic E-state index is 12.9. The van der Waals surface area contributed by atoms with Crippen LogP contribution >= 0.6 is 0 Å². The number of aromatic nitrogens is 3. The van der Waals surface area contributed by atoms with Crippen LogP contribution in [-0.4, -0.2) is 40.1 Å². The first-order valence-corrected chi connectivity index (χ1v) is 9.22. The Hall–Kier alpha value is -3.73. The van der Waals surface area contributed by atoms with Gasteiger partial charge in [0.15, 0.2) is 5.82 Å². The number of nitriles is 1. The normalized spacial score (nSPS) is 13.0. The molecule has 8 nitrogen and oxygen atoms in total. The molecular formula is C21H19N5O3. The number of hydrogen-bond acceptors (Lipinski definition) is 7. The van der Waals surface area contributed by atoms with E-state index in [1.165, 1.54) is 7.11 Å². The number of pyridine rings is 1. The number of carbonyl (C=O) groups excluding carboxylic acids is 1. The molecule has 1 aliphatic carbocycles. The maximum Gasteiger partial charge on any atom is 0.254 e. The molecule has 8 heteroatoms. The summed E-state index contributed by atoms with van der Waals surface area (Å²) in [4.78, 5) is 22.9. The number of carbonyl (C=O) groups is 1. The Bertz CT molecular complexity index is 1100. The number of methoxy groups -OCH3 is 1. The first-order valence-electron chi connectivity index (χ1n) is 9.22. The third kappa shape index (κ3) is 3.80. The van der Waals surface area contributed by atoms with Crippen molar-refractivity contribution in [2.24, 2.45) is 0 Å². The van der Waals surface area contributed by atoms with Gasteiger partial charge in [-0.1, -0.05) is 17.3 Å². The minimum absolute atomic E-state index is 0.177. The van der Waals surface area contributed by atoms with Crippen LogP contribution in [0.1, 0.15) is 46.4 Å². The molecule has 0 spiro atoms. The molecule has 0 unspecified atom stereocenters. The highest BCUT2D eigenvalue weighted by Crippen LogP contribution is 2.38. The van der Waals surface area contributed by atoms with Crippen LogP contribution in [0.15, 0.2) is 41.1 Å². The molecule has 1 aromatic carbocycles. The van der Waals surface area contributed by atoms with Gasteiger partial charge in [0.2, 0.25) is 11.8 Å². The van der Waals surface area contributed by atoms with Gasteiger partial charge in [0.05, 0.1) is 13.7 Å². The van der Waals surface area contributed by atoms with Crippen molar-refractivity contribution in [3.8, 4) is 23.1 Å². The number of nitrogens with zero attached hydrogens (tertiary/aromatic N) is 5. The van der Waals surface area contributed by atoms with E-state index in [2.05, 4.69) is 21.2 Å². The van der Waals surface area contributed by atoms with Gasteiger partial charge in [-0.15, -0.1) is 0 Å². The van der Waals surface area contributed by atoms with Gasteiger partial charge in [0.1, 0.15) is 11.6 Å². The van der Waals surface area contributed by atoms with E-state index in [1.807, 2.05) is 6.07 Å². The molecule has 0 N–H and O–H groups in total. The van der Waals surface area contributed by atoms with E-state index >= 15 is 0 Å². The predicted octanol–water partition coefficient (Wildman–Crippen LogP) is 3.16. The molecule has 1 fully saturated rings. The van der Waals surface area contributed by atoms with Crippen LogP contribution in [0.2, 0.25) is 0 Å². The van der Waals surface area contributed by atoms with Crippen LogP contribution in [0.25, 0.3) is 11.1 Å². The van der Waals surface area contributed by atoms with Crippen LogP contribution in [0, 0.1) is 11.3 Å². The van der Waals surface area contributed by atoms with E-state index in [0.29, 0.717) is 34.3 Å². The number of amides is 1. The van der Waals surface area contributed by atoms with Gasteiger partial charge in [-0.3, -0.25) is 4.79 Å². The molecule has 1 aliphatic rings. The lowest BCUT2D eigenvalue weighted by Gasteiger charge is -2.16. The highest BCUT2D eigenvalue weighted by molar-refractivity contribution is 5.95. The lowest BCUT2D eigenvalue weighted by atomic mass is 9.99. The Kier molecular flexibility index (Phi) is 4.96. The van der Waals surface area contributed by atoms with E-state index in [0.717, 1.165) is 18.4 Å². The van der Waals surface area contributed by atoms with E-state index in [9.17, 15) is 10.1 Å². The second kappa shape index (κ2) is 7.72. The Morgan fingerprint density at radius 1 is 1.38 bits per heavy atom. The van der Waals surface area contributed by atoms with Crippen LogP contribution in [-0.2, 0) is 6.54 Å². The molecule has 29 heavy (non-hydrogen) atoms. The summed E-state index contributed by atoms with van der Waals surface area (Å²) in [6.07, 6.45) is 3.73. The molecule has 4 rings (SSSR count). The minimum atomic E-state index is -0.177. The van der Waals surface area contributed by atoms with E-state index in [1.54, 1.807) is 42.4 Å². The van der Waals surface area contributed by atoms with Crippen molar-refractivity contribution >= 4 is 5.91 Å². The molecular weight excluding hydrogens is 370 g/mol. The molecule has 3 aromatic rings. The molecule has 0 aliphatic heterocycles. The fourth-order valence-corrected chi connectivity index (χ4v) is 3.10. The molecule has 2 aromatic heterocycles. The van der Waals surface area contributed by atoms with Gasteiger partial charge in [-0.25, -0.2) is 4.98 Å². The van der Waals surface area contributed by atoms with Crippen molar-refractivity contribution < 1.29 is 14.1 Å². The lowest BCUT2D eigenvalue weighted by Crippen LogP contribution is -2.26. The van der Waals surface area contributed by atoms with Gasteiger partial charge in [-0.05, 0) is 36.6 Å². The second-order valence-corrected chi connectivity index (χ2v) is 6.92. The van der Waals surface area contributed by atoms with Crippen LogP contribution in [0.4, 0.5) is 0 Å². The molecule has 146 valence electrons. The Labute approximate surface area is 167 Å². The quantitative estimate of drug-likeness (QED) is 0.637. The maximum atomic E-state index is 12.9. The lowest BCUT2D eigenvalue weighted by molar-refractivity contribution is 0.0780. The summed E-state index contributed by atoms with van der Waals surface area (Å²) in [7, 11) is 3.16. The summed E-state index contributed by atoms with van der Waals surface area (Å²) in [5, 5.41) is 13.5. The molecule has 2 heterocycles. The first-order chi connectivity index (χ1) is 14.1. The molecule has 0 radical (unpaired) electrons. The summed E-state index contributed by atoms with van der Waals surface area (Å²) in [6.45, 7) is 0.256. The largest absolute Gasteiger partial charge is 0.480 e. The monoisotopic (exact) mass is 389 g/mol. The van der Waals surface area contributed by atoms with E-state index in [-0.39, 0.29) is 18.3 Å². The average molecular weight is 389 g/mol. The zero-order chi connectivity index (χ0) is 20.4. The van der Waals surface area contributed by atoms with Crippen molar-refractivity contribution in [1.82, 2.24) is 20.0 Å². The number of ether oxygens (including phenoxy) is 1. The second-order valence-electron chi connectivity index (χ2n) is 6.92. The van der Waals surface area contributed by atoms with Crippen molar-refractivity contribution in [2.75, 3.05) is 14.2 Å². The van der Waals surface area contributed by atoms with Crippen LogP contribution in [0.5, 0.6) is 5.88 Å². The molecule has 0 bridgehead atoms. The minimum Gasteiger partial charge on any atom is -0.480 e. The van der Waals surface area contributed by atoms with Gasteiger partial charge in [-0.2, -0.15) is 10.2 Å². The van der Waals surface area contributed by atoms with Crippen molar-refractivity contribution in [3.63, 3.8) is 0 Å². The summed E-state index contributed by atoms with van der Waals surface area (Å²) >= 11 is 0. The Morgan fingerprint density at radius 3 is 2.93 bits per heavy atom. The first kappa shape index (κ1) is 18.6. The zero-order valence-corrected chi connectivity index (χ0v) is 16.1. The SMILES string of the molecule is COc1nccc(-c2cccc(C(=O)N(C)Cc3noc(C4CC4)n3)c2)c1C#N. The average Bonchev–Trinajstić information content (AvgIpc) is 3.51. The summed E-state index contributed by atoms with van der Waals surface area (Å²) < 4.78 is 10.4. The predicted molar refractivity (Wildman–Crippen MR) is 103 cm³/mol. The van der Waals surface area contributed by atoms with Gasteiger partial charge in [0, 0.05) is 30.3 Å². The molecule has 0 saturated heterocycles. The Balaban J connectivity index is 1.56.